The van der Waals surface area contributed by atoms with Crippen molar-refractivity contribution in [3.05, 3.63) is 29.8 Å². The van der Waals surface area contributed by atoms with Crippen LogP contribution in [0.1, 0.15) is 5.56 Å². The van der Waals surface area contributed by atoms with Crippen LogP contribution in [0, 0.1) is 0 Å². The molecule has 0 aliphatic carbocycles. The Morgan fingerprint density at radius 3 is 2.62 bits per heavy atom. The molecule has 1 atom stereocenters. The predicted octanol–water partition coefficient (Wildman–Crippen LogP) is -0.451. The molecule has 0 bridgehead atoms. The molecule has 0 spiro atoms. The van der Waals surface area contributed by atoms with Crippen LogP contribution in [0.3, 0.4) is 0 Å². The Morgan fingerprint density at radius 2 is 1.94 bits per heavy atom. The lowest BCUT2D eigenvalue weighted by Gasteiger charge is -2.23. The van der Waals surface area contributed by atoms with Crippen molar-refractivity contribution >= 4 is 11.8 Å². The van der Waals surface area contributed by atoms with Crippen molar-refractivity contribution in [1.29, 1.82) is 0 Å². The molecule has 1 aliphatic heterocycles. The summed E-state index contributed by atoms with van der Waals surface area (Å²) < 4.78 is 0. The highest BCUT2D eigenvalue weighted by Gasteiger charge is 2.25. The number of rotatable bonds is 2. The minimum absolute atomic E-state index is 0.0465. The van der Waals surface area contributed by atoms with Crippen molar-refractivity contribution in [1.82, 2.24) is 10.6 Å². The van der Waals surface area contributed by atoms with Crippen molar-refractivity contribution in [2.45, 2.75) is 12.5 Å². The molecule has 2 rings (SSSR count). The highest BCUT2D eigenvalue weighted by Crippen LogP contribution is 2.11. The summed E-state index contributed by atoms with van der Waals surface area (Å²) >= 11 is 0. The van der Waals surface area contributed by atoms with Crippen LogP contribution in [-0.2, 0) is 16.0 Å². The summed E-state index contributed by atoms with van der Waals surface area (Å²) in [6.07, 6.45) is 0.428. The number of phenolic OH excluding ortho intramolecular Hbond substituents is 1. The molecule has 0 aromatic heterocycles. The maximum atomic E-state index is 11.4. The summed E-state index contributed by atoms with van der Waals surface area (Å²) in [4.78, 5) is 22.5. The van der Waals surface area contributed by atoms with Gasteiger partial charge in [0.15, 0.2) is 0 Å². The number of phenols is 1. The lowest BCUT2D eigenvalue weighted by Crippen LogP contribution is -2.56. The zero-order valence-electron chi connectivity index (χ0n) is 8.56. The maximum Gasteiger partial charge on any atom is 0.243 e. The molecule has 1 fully saturated rings. The van der Waals surface area contributed by atoms with Crippen molar-refractivity contribution in [3.8, 4) is 5.75 Å². The van der Waals surface area contributed by atoms with Crippen LogP contribution >= 0.6 is 0 Å². The maximum absolute atomic E-state index is 11.4. The molecule has 2 amide bonds. The molecule has 3 N–H and O–H groups in total. The molecule has 0 saturated carbocycles. The highest BCUT2D eigenvalue weighted by atomic mass is 16.3. The van der Waals surface area contributed by atoms with Gasteiger partial charge >= 0.3 is 0 Å². The first kappa shape index (κ1) is 10.5. The third-order valence-corrected chi connectivity index (χ3v) is 2.45. The Balaban J connectivity index is 2.05. The lowest BCUT2D eigenvalue weighted by atomic mass is 10.0. The second-order valence-corrected chi connectivity index (χ2v) is 3.71. The molecular weight excluding hydrogens is 208 g/mol. The standard InChI is InChI=1S/C11H12N2O3/c14-8-3-1-7(2-4-8)5-9-11(16)12-6-10(15)13-9/h1-4,9,14H,5-6H2,(H,12,16)(H,13,15). The Labute approximate surface area is 92.5 Å². The van der Waals surface area contributed by atoms with Crippen molar-refractivity contribution in [3.63, 3.8) is 0 Å². The van der Waals surface area contributed by atoms with E-state index in [0.717, 1.165) is 5.56 Å². The molecule has 1 aromatic rings. The van der Waals surface area contributed by atoms with Crippen molar-refractivity contribution < 1.29 is 14.7 Å². The van der Waals surface area contributed by atoms with E-state index < -0.39 is 6.04 Å². The number of hydrogen-bond acceptors (Lipinski definition) is 3. The van der Waals surface area contributed by atoms with E-state index >= 15 is 0 Å². The van der Waals surface area contributed by atoms with Crippen molar-refractivity contribution in [2.24, 2.45) is 0 Å². The Morgan fingerprint density at radius 1 is 1.25 bits per heavy atom. The molecule has 5 heteroatoms. The third-order valence-electron chi connectivity index (χ3n) is 2.45. The van der Waals surface area contributed by atoms with E-state index in [9.17, 15) is 9.59 Å². The van der Waals surface area contributed by atoms with Crippen LogP contribution in [0.25, 0.3) is 0 Å². The van der Waals surface area contributed by atoms with Gasteiger partial charge in [0.2, 0.25) is 11.8 Å². The van der Waals surface area contributed by atoms with Gasteiger partial charge in [0, 0.05) is 6.42 Å². The zero-order chi connectivity index (χ0) is 11.5. The quantitative estimate of drug-likeness (QED) is 0.631. The van der Waals surface area contributed by atoms with Gasteiger partial charge in [-0.05, 0) is 17.7 Å². The van der Waals surface area contributed by atoms with Crippen LogP contribution in [-0.4, -0.2) is 29.5 Å². The van der Waals surface area contributed by atoms with Gasteiger partial charge < -0.3 is 15.7 Å². The van der Waals surface area contributed by atoms with Crippen LogP contribution in [0.4, 0.5) is 0 Å². The number of benzene rings is 1. The molecule has 1 unspecified atom stereocenters. The summed E-state index contributed by atoms with van der Waals surface area (Å²) in [6.45, 7) is 0.0465. The molecule has 1 saturated heterocycles. The third kappa shape index (κ3) is 2.31. The van der Waals surface area contributed by atoms with E-state index in [-0.39, 0.29) is 24.1 Å². The van der Waals surface area contributed by atoms with Crippen LogP contribution in [0.5, 0.6) is 5.75 Å². The van der Waals surface area contributed by atoms with Gasteiger partial charge in [-0.2, -0.15) is 0 Å². The first-order valence-corrected chi connectivity index (χ1v) is 5.00. The van der Waals surface area contributed by atoms with Gasteiger partial charge in [-0.25, -0.2) is 0 Å². The van der Waals surface area contributed by atoms with Gasteiger partial charge in [0.25, 0.3) is 0 Å². The summed E-state index contributed by atoms with van der Waals surface area (Å²) in [7, 11) is 0. The van der Waals surface area contributed by atoms with E-state index in [1.165, 1.54) is 0 Å². The van der Waals surface area contributed by atoms with Crippen LogP contribution in [0.15, 0.2) is 24.3 Å². The van der Waals surface area contributed by atoms with E-state index in [1.807, 2.05) is 0 Å². The summed E-state index contributed by atoms with van der Waals surface area (Å²) in [6, 6.07) is 6.04. The molecule has 16 heavy (non-hydrogen) atoms. The molecule has 5 nitrogen and oxygen atoms in total. The van der Waals surface area contributed by atoms with Gasteiger partial charge in [0.1, 0.15) is 11.8 Å². The van der Waals surface area contributed by atoms with E-state index in [4.69, 9.17) is 5.11 Å². The van der Waals surface area contributed by atoms with Gasteiger partial charge in [-0.3, -0.25) is 9.59 Å². The number of carbonyl (C=O) groups excluding carboxylic acids is 2. The second kappa shape index (κ2) is 4.22. The fourth-order valence-corrected chi connectivity index (χ4v) is 1.61. The minimum Gasteiger partial charge on any atom is -0.508 e. The Hall–Kier alpha value is -2.04. The summed E-state index contributed by atoms with van der Waals surface area (Å²) in [5.41, 5.74) is 0.889. The van der Waals surface area contributed by atoms with E-state index in [0.29, 0.717) is 6.42 Å². The lowest BCUT2D eigenvalue weighted by molar-refractivity contribution is -0.133. The van der Waals surface area contributed by atoms with Crippen LogP contribution < -0.4 is 10.6 Å². The Bertz CT molecular complexity index is 414. The number of amides is 2. The van der Waals surface area contributed by atoms with Crippen molar-refractivity contribution in [2.75, 3.05) is 6.54 Å². The van der Waals surface area contributed by atoms with Gasteiger partial charge in [-0.15, -0.1) is 0 Å². The number of piperazine rings is 1. The zero-order valence-corrected chi connectivity index (χ0v) is 8.56. The van der Waals surface area contributed by atoms with E-state index in [1.54, 1.807) is 24.3 Å². The minimum atomic E-state index is -0.522. The molecule has 1 aliphatic rings. The van der Waals surface area contributed by atoms with Gasteiger partial charge in [-0.1, -0.05) is 12.1 Å². The average molecular weight is 220 g/mol. The molecule has 1 aromatic carbocycles. The molecule has 0 radical (unpaired) electrons. The largest absolute Gasteiger partial charge is 0.508 e. The average Bonchev–Trinajstić information content (AvgIpc) is 2.27. The Kier molecular flexibility index (Phi) is 2.76. The first-order valence-electron chi connectivity index (χ1n) is 5.00. The fourth-order valence-electron chi connectivity index (χ4n) is 1.61. The molecule has 84 valence electrons. The SMILES string of the molecule is O=C1CNC(=O)C(Cc2ccc(O)cc2)N1. The number of hydrogen-bond donors (Lipinski definition) is 3. The second-order valence-electron chi connectivity index (χ2n) is 3.71. The normalized spacial score (nSPS) is 20.1. The predicted molar refractivity (Wildman–Crippen MR) is 56.8 cm³/mol. The topological polar surface area (TPSA) is 78.4 Å². The van der Waals surface area contributed by atoms with E-state index in [2.05, 4.69) is 10.6 Å². The fraction of sp³-hybridized carbons (Fsp3) is 0.273. The summed E-state index contributed by atoms with van der Waals surface area (Å²) in [5.74, 6) is -0.170. The number of carbonyl (C=O) groups is 2. The number of nitrogens with one attached hydrogen (secondary N) is 2. The smallest absolute Gasteiger partial charge is 0.243 e. The first-order chi connectivity index (χ1) is 7.65. The molecule has 1 heterocycles. The number of aromatic hydroxyl groups is 1. The van der Waals surface area contributed by atoms with Gasteiger partial charge in [0.05, 0.1) is 6.54 Å². The monoisotopic (exact) mass is 220 g/mol. The molecular formula is C11H12N2O3. The highest BCUT2D eigenvalue weighted by molar-refractivity contribution is 5.94. The van der Waals surface area contributed by atoms with Crippen LogP contribution in [0.2, 0.25) is 0 Å². The summed E-state index contributed by atoms with van der Waals surface area (Å²) in [5, 5.41) is 14.2.